The van der Waals surface area contributed by atoms with Crippen molar-refractivity contribution in [2.24, 2.45) is 0 Å². The van der Waals surface area contributed by atoms with Gasteiger partial charge in [-0.05, 0) is 29.8 Å². The van der Waals surface area contributed by atoms with Gasteiger partial charge >= 0.3 is 0 Å². The van der Waals surface area contributed by atoms with E-state index in [0.29, 0.717) is 18.4 Å². The molecule has 10 heteroatoms. The lowest BCUT2D eigenvalue weighted by atomic mass is 9.99. The molecule has 4 nitrogen and oxygen atoms in total. The summed E-state index contributed by atoms with van der Waals surface area (Å²) in [5.74, 6) is -3.73. The summed E-state index contributed by atoms with van der Waals surface area (Å²) in [6.45, 7) is 0. The molecule has 0 aliphatic heterocycles. The van der Waals surface area contributed by atoms with E-state index in [1.54, 1.807) is 6.07 Å². The predicted octanol–water partition coefficient (Wildman–Crippen LogP) is 5.28. The molecular formula is C17H10ClF4NO3S. The number of rotatable bonds is 4. The van der Waals surface area contributed by atoms with Gasteiger partial charge in [-0.15, -0.1) is 0 Å². The first kappa shape index (κ1) is 19.4. The van der Waals surface area contributed by atoms with E-state index < -0.39 is 38.6 Å². The van der Waals surface area contributed by atoms with Crippen molar-refractivity contribution in [3.63, 3.8) is 0 Å². The second-order valence-electron chi connectivity index (χ2n) is 5.62. The van der Waals surface area contributed by atoms with Gasteiger partial charge in [-0.2, -0.15) is 0 Å². The van der Waals surface area contributed by atoms with Crippen LogP contribution in [-0.2, 0) is 9.84 Å². The molecule has 0 radical (unpaired) electrons. The molecule has 0 N–H and O–H groups in total. The number of benzene rings is 2. The minimum absolute atomic E-state index is 0.112. The van der Waals surface area contributed by atoms with E-state index in [0.717, 1.165) is 0 Å². The molecule has 142 valence electrons. The Kier molecular flexibility index (Phi) is 5.00. The highest BCUT2D eigenvalue weighted by molar-refractivity contribution is 7.90. The fourth-order valence-electron chi connectivity index (χ4n) is 2.62. The van der Waals surface area contributed by atoms with Crippen molar-refractivity contribution in [3.8, 4) is 22.4 Å². The first-order valence-corrected chi connectivity index (χ1v) is 9.59. The van der Waals surface area contributed by atoms with Crippen LogP contribution in [0.15, 0.2) is 45.8 Å². The number of hydrogen-bond donors (Lipinski definition) is 0. The van der Waals surface area contributed by atoms with Gasteiger partial charge in [0.2, 0.25) is 5.76 Å². The van der Waals surface area contributed by atoms with Crippen LogP contribution in [0.5, 0.6) is 0 Å². The van der Waals surface area contributed by atoms with Crippen molar-refractivity contribution in [3.05, 3.63) is 58.8 Å². The van der Waals surface area contributed by atoms with Crippen LogP contribution in [0.1, 0.15) is 12.2 Å². The van der Waals surface area contributed by atoms with Crippen molar-refractivity contribution in [1.29, 1.82) is 0 Å². The molecule has 0 saturated carbocycles. The summed E-state index contributed by atoms with van der Waals surface area (Å²) in [5.41, 5.74) is -0.533. The summed E-state index contributed by atoms with van der Waals surface area (Å²) >= 11 is 5.89. The van der Waals surface area contributed by atoms with Crippen LogP contribution in [0.2, 0.25) is 5.02 Å². The predicted molar refractivity (Wildman–Crippen MR) is 90.4 cm³/mol. The number of hydrogen-bond acceptors (Lipinski definition) is 4. The van der Waals surface area contributed by atoms with E-state index in [1.165, 1.54) is 18.2 Å². The van der Waals surface area contributed by atoms with E-state index in [2.05, 4.69) is 9.68 Å². The number of aromatic nitrogens is 1. The minimum Gasteiger partial charge on any atom is -0.354 e. The van der Waals surface area contributed by atoms with Crippen molar-refractivity contribution < 1.29 is 30.5 Å². The van der Waals surface area contributed by atoms with E-state index in [1.807, 2.05) is 0 Å². The average molecular weight is 420 g/mol. The van der Waals surface area contributed by atoms with Crippen LogP contribution in [0.25, 0.3) is 22.4 Å². The number of halogens is 5. The van der Waals surface area contributed by atoms with Gasteiger partial charge in [-0.3, -0.25) is 0 Å². The molecule has 0 unspecified atom stereocenters. The van der Waals surface area contributed by atoms with E-state index in [-0.39, 0.29) is 27.4 Å². The first-order chi connectivity index (χ1) is 12.6. The Morgan fingerprint density at radius 1 is 1.07 bits per heavy atom. The largest absolute Gasteiger partial charge is 0.354 e. The quantitative estimate of drug-likeness (QED) is 0.540. The third-order valence-corrected chi connectivity index (χ3v) is 5.04. The van der Waals surface area contributed by atoms with Crippen molar-refractivity contribution in [2.75, 3.05) is 6.26 Å². The first-order valence-electron chi connectivity index (χ1n) is 7.32. The Morgan fingerprint density at radius 2 is 1.70 bits per heavy atom. The molecule has 0 fully saturated rings. The van der Waals surface area contributed by atoms with Crippen molar-refractivity contribution in [1.82, 2.24) is 5.16 Å². The normalized spacial score (nSPS) is 12.0. The summed E-state index contributed by atoms with van der Waals surface area (Å²) in [5, 5.41) is 3.86. The molecule has 2 aromatic carbocycles. The van der Waals surface area contributed by atoms with E-state index >= 15 is 0 Å². The third kappa shape index (κ3) is 3.70. The smallest absolute Gasteiger partial charge is 0.298 e. The highest BCUT2D eigenvalue weighted by Crippen LogP contribution is 2.40. The number of nitrogens with zero attached hydrogens (tertiary/aromatic N) is 1. The van der Waals surface area contributed by atoms with Crippen LogP contribution in [-0.4, -0.2) is 19.8 Å². The van der Waals surface area contributed by atoms with Gasteiger partial charge in [0.05, 0.1) is 5.56 Å². The van der Waals surface area contributed by atoms with Crippen molar-refractivity contribution >= 4 is 21.4 Å². The van der Waals surface area contributed by atoms with Crippen LogP contribution in [0.3, 0.4) is 0 Å². The molecule has 0 spiro atoms. The van der Waals surface area contributed by atoms with Gasteiger partial charge in [0, 0.05) is 16.8 Å². The van der Waals surface area contributed by atoms with Gasteiger partial charge in [0.1, 0.15) is 22.2 Å². The van der Waals surface area contributed by atoms with Crippen LogP contribution >= 0.6 is 11.6 Å². The van der Waals surface area contributed by atoms with Gasteiger partial charge in [0.25, 0.3) is 6.43 Å². The molecule has 0 saturated heterocycles. The van der Waals surface area contributed by atoms with Gasteiger partial charge in [0.15, 0.2) is 9.84 Å². The second-order valence-corrected chi connectivity index (χ2v) is 8.01. The zero-order valence-electron chi connectivity index (χ0n) is 13.5. The monoisotopic (exact) mass is 419 g/mol. The summed E-state index contributed by atoms with van der Waals surface area (Å²) in [4.78, 5) is -1.15. The van der Waals surface area contributed by atoms with E-state index in [4.69, 9.17) is 11.6 Å². The average Bonchev–Trinajstić information content (AvgIpc) is 2.98. The molecule has 0 aliphatic rings. The molecule has 0 atom stereocenters. The highest BCUT2D eigenvalue weighted by atomic mass is 35.5. The molecule has 27 heavy (non-hydrogen) atoms. The van der Waals surface area contributed by atoms with Crippen LogP contribution < -0.4 is 0 Å². The lowest BCUT2D eigenvalue weighted by Crippen LogP contribution is -2.05. The second kappa shape index (κ2) is 6.97. The Morgan fingerprint density at radius 3 is 2.22 bits per heavy atom. The molecule has 0 bridgehead atoms. The maximum atomic E-state index is 14.3. The summed E-state index contributed by atoms with van der Waals surface area (Å²) < 4.78 is 82.9. The maximum absolute atomic E-state index is 14.3. The highest BCUT2D eigenvalue weighted by Gasteiger charge is 2.28. The summed E-state index contributed by atoms with van der Waals surface area (Å²) in [6, 6.07) is 7.28. The Balaban J connectivity index is 2.30. The molecule has 1 aromatic heterocycles. The van der Waals surface area contributed by atoms with Gasteiger partial charge in [-0.1, -0.05) is 28.9 Å². The van der Waals surface area contributed by atoms with Gasteiger partial charge < -0.3 is 4.52 Å². The molecule has 1 heterocycles. The standard InChI is InChI=1S/C17H10ClF4NO3S/c1-27(24,25)16-11(19)6-9(7-12(16)20)13-14(23-26-15(13)17(21)22)8-3-2-4-10(18)5-8/h2-7,17H,1H3. The number of sulfone groups is 1. The fraction of sp³-hybridized carbons (Fsp3) is 0.118. The molecular weight excluding hydrogens is 410 g/mol. The number of alkyl halides is 2. The Bertz CT molecular complexity index is 1110. The SMILES string of the molecule is CS(=O)(=O)c1c(F)cc(-c2c(-c3cccc(Cl)c3)noc2C(F)F)cc1F. The molecule has 0 aliphatic carbocycles. The minimum atomic E-state index is -4.20. The van der Waals surface area contributed by atoms with Crippen molar-refractivity contribution in [2.45, 2.75) is 11.3 Å². The van der Waals surface area contributed by atoms with Crippen LogP contribution in [0, 0.1) is 11.6 Å². The maximum Gasteiger partial charge on any atom is 0.298 e. The van der Waals surface area contributed by atoms with E-state index in [9.17, 15) is 26.0 Å². The Labute approximate surface area is 156 Å². The topological polar surface area (TPSA) is 60.2 Å². The Hall–Kier alpha value is -2.39. The fourth-order valence-corrected chi connectivity index (χ4v) is 3.64. The summed E-state index contributed by atoms with van der Waals surface area (Å²) in [7, 11) is -4.20. The van der Waals surface area contributed by atoms with Gasteiger partial charge in [-0.25, -0.2) is 26.0 Å². The third-order valence-electron chi connectivity index (χ3n) is 3.67. The molecule has 3 rings (SSSR count). The zero-order chi connectivity index (χ0) is 19.9. The lowest BCUT2D eigenvalue weighted by Gasteiger charge is -2.08. The van der Waals surface area contributed by atoms with Crippen LogP contribution in [0.4, 0.5) is 17.6 Å². The molecule has 3 aromatic rings. The summed E-state index contributed by atoms with van der Waals surface area (Å²) in [6.07, 6.45) is -2.49. The lowest BCUT2D eigenvalue weighted by molar-refractivity contribution is 0.113. The molecule has 0 amide bonds. The zero-order valence-corrected chi connectivity index (χ0v) is 15.1.